The third-order valence-electron chi connectivity index (χ3n) is 3.71. The van der Waals surface area contributed by atoms with Crippen molar-refractivity contribution in [3.8, 4) is 0 Å². The SMILES string of the molecule is CC(C)(C)Sc1ccccc1/C=N\CCC/N=C/c1ccccc1SC(C)(C)C. The fourth-order valence-corrected chi connectivity index (χ4v) is 4.69. The molecule has 0 amide bonds. The summed E-state index contributed by atoms with van der Waals surface area (Å²) in [4.78, 5) is 11.8. The van der Waals surface area contributed by atoms with Crippen molar-refractivity contribution < 1.29 is 0 Å². The largest absolute Gasteiger partial charge is 0.292 e. The molecule has 0 radical (unpaired) electrons. The molecule has 29 heavy (non-hydrogen) atoms. The summed E-state index contributed by atoms with van der Waals surface area (Å²) < 4.78 is 0.389. The Kier molecular flexibility index (Phi) is 9.04. The molecule has 2 nitrogen and oxygen atoms in total. The Morgan fingerprint density at radius 1 is 0.655 bits per heavy atom. The van der Waals surface area contributed by atoms with Gasteiger partial charge in [0.05, 0.1) is 0 Å². The number of benzene rings is 2. The van der Waals surface area contributed by atoms with Gasteiger partial charge in [-0.05, 0) is 18.6 Å². The minimum Gasteiger partial charge on any atom is -0.292 e. The molecule has 0 unspecified atom stereocenters. The Labute approximate surface area is 185 Å². The molecular weight excluding hydrogens is 392 g/mol. The summed E-state index contributed by atoms with van der Waals surface area (Å²) in [6, 6.07) is 17.0. The average molecular weight is 427 g/mol. The zero-order valence-corrected chi connectivity index (χ0v) is 20.2. The van der Waals surface area contributed by atoms with Crippen LogP contribution in [0.1, 0.15) is 59.1 Å². The summed E-state index contributed by atoms with van der Waals surface area (Å²) in [6.45, 7) is 15.0. The van der Waals surface area contributed by atoms with Gasteiger partial charge < -0.3 is 0 Å². The Bertz CT molecular complexity index is 758. The maximum atomic E-state index is 4.63. The standard InChI is InChI=1S/C25H34N2S2/c1-24(2,3)28-22-14-9-7-12-20(22)18-26-16-11-17-27-19-21-13-8-10-15-23(21)29-25(4,5)6/h7-10,12-15,18-19H,11,16-17H2,1-6H3/b26-18-,27-19+. The maximum absolute atomic E-state index is 4.63. The number of aliphatic imine (C=N–C) groups is 2. The highest BCUT2D eigenvalue weighted by molar-refractivity contribution is 8.01. The predicted molar refractivity (Wildman–Crippen MR) is 134 cm³/mol. The maximum Gasteiger partial charge on any atom is 0.0407 e. The van der Waals surface area contributed by atoms with Gasteiger partial charge in [-0.15, -0.1) is 23.5 Å². The highest BCUT2D eigenvalue weighted by Crippen LogP contribution is 2.34. The normalized spacial score (nSPS) is 12.9. The first-order chi connectivity index (χ1) is 13.6. The van der Waals surface area contributed by atoms with Gasteiger partial charge in [-0.2, -0.15) is 0 Å². The van der Waals surface area contributed by atoms with Crippen LogP contribution in [0.5, 0.6) is 0 Å². The first-order valence-electron chi connectivity index (χ1n) is 10.2. The molecule has 0 heterocycles. The summed E-state index contributed by atoms with van der Waals surface area (Å²) in [7, 11) is 0. The van der Waals surface area contributed by atoms with Crippen LogP contribution in [0, 0.1) is 0 Å². The Morgan fingerprint density at radius 3 is 1.41 bits per heavy atom. The van der Waals surface area contributed by atoms with Gasteiger partial charge in [0.2, 0.25) is 0 Å². The van der Waals surface area contributed by atoms with Crippen molar-refractivity contribution in [1.82, 2.24) is 0 Å². The smallest absolute Gasteiger partial charge is 0.0407 e. The average Bonchev–Trinajstić information content (AvgIpc) is 2.61. The second-order valence-electron chi connectivity index (χ2n) is 8.93. The van der Waals surface area contributed by atoms with Crippen molar-refractivity contribution in [1.29, 1.82) is 0 Å². The quantitative estimate of drug-likeness (QED) is 0.249. The molecule has 2 aromatic rings. The van der Waals surface area contributed by atoms with Crippen LogP contribution in [0.3, 0.4) is 0 Å². The van der Waals surface area contributed by atoms with Gasteiger partial charge in [0.15, 0.2) is 0 Å². The third-order valence-corrected chi connectivity index (χ3v) is 6.11. The Balaban J connectivity index is 1.85. The van der Waals surface area contributed by atoms with Crippen molar-refractivity contribution in [3.63, 3.8) is 0 Å². The Morgan fingerprint density at radius 2 is 1.03 bits per heavy atom. The zero-order valence-electron chi connectivity index (χ0n) is 18.6. The molecule has 0 aliphatic heterocycles. The minimum atomic E-state index is 0.195. The van der Waals surface area contributed by atoms with E-state index in [0.717, 1.165) is 19.5 Å². The van der Waals surface area contributed by atoms with Crippen LogP contribution in [-0.2, 0) is 0 Å². The molecule has 0 N–H and O–H groups in total. The second kappa shape index (κ2) is 11.0. The lowest BCUT2D eigenvalue weighted by atomic mass is 10.2. The lowest BCUT2D eigenvalue weighted by Gasteiger charge is -2.18. The van der Waals surface area contributed by atoms with Crippen LogP contribution in [0.25, 0.3) is 0 Å². The Hall–Kier alpha value is -1.52. The van der Waals surface area contributed by atoms with Gasteiger partial charge in [-0.3, -0.25) is 9.98 Å². The van der Waals surface area contributed by atoms with Gasteiger partial charge in [-0.25, -0.2) is 0 Å². The van der Waals surface area contributed by atoms with Crippen molar-refractivity contribution in [2.75, 3.05) is 13.1 Å². The van der Waals surface area contributed by atoms with Crippen LogP contribution in [0.2, 0.25) is 0 Å². The van der Waals surface area contributed by atoms with Gasteiger partial charge in [0, 0.05) is 55.9 Å². The fourth-order valence-electron chi connectivity index (χ4n) is 2.60. The van der Waals surface area contributed by atoms with Gasteiger partial charge in [0.1, 0.15) is 0 Å². The molecular formula is C25H34N2S2. The second-order valence-corrected chi connectivity index (χ2v) is 12.7. The highest BCUT2D eigenvalue weighted by atomic mass is 32.2. The molecule has 0 aliphatic rings. The topological polar surface area (TPSA) is 24.7 Å². The zero-order chi connectivity index (χ0) is 21.3. The van der Waals surface area contributed by atoms with E-state index < -0.39 is 0 Å². The molecule has 0 atom stereocenters. The molecule has 2 aromatic carbocycles. The van der Waals surface area contributed by atoms with E-state index in [2.05, 4.69) is 100 Å². The predicted octanol–water partition coefficient (Wildman–Crippen LogP) is 7.40. The molecule has 4 heteroatoms. The van der Waals surface area contributed by atoms with E-state index in [1.54, 1.807) is 0 Å². The molecule has 0 fully saturated rings. The monoisotopic (exact) mass is 426 g/mol. The van der Waals surface area contributed by atoms with Crippen molar-refractivity contribution in [3.05, 3.63) is 59.7 Å². The van der Waals surface area contributed by atoms with Crippen molar-refractivity contribution in [2.45, 2.75) is 67.2 Å². The molecule has 0 saturated heterocycles. The van der Waals surface area contributed by atoms with Crippen molar-refractivity contribution in [2.24, 2.45) is 9.98 Å². The van der Waals surface area contributed by atoms with Crippen LogP contribution in [0.15, 0.2) is 68.3 Å². The van der Waals surface area contributed by atoms with E-state index >= 15 is 0 Å². The van der Waals surface area contributed by atoms with E-state index in [-0.39, 0.29) is 9.49 Å². The minimum absolute atomic E-state index is 0.195. The van der Waals surface area contributed by atoms with E-state index in [0.29, 0.717) is 0 Å². The van der Waals surface area contributed by atoms with E-state index in [1.165, 1.54) is 20.9 Å². The number of hydrogen-bond acceptors (Lipinski definition) is 4. The van der Waals surface area contributed by atoms with Gasteiger partial charge in [0.25, 0.3) is 0 Å². The van der Waals surface area contributed by atoms with Gasteiger partial charge >= 0.3 is 0 Å². The third kappa shape index (κ3) is 9.68. The van der Waals surface area contributed by atoms with E-state index in [1.807, 2.05) is 36.0 Å². The van der Waals surface area contributed by atoms with Crippen LogP contribution < -0.4 is 0 Å². The molecule has 0 saturated carbocycles. The number of hydrogen-bond donors (Lipinski definition) is 0. The van der Waals surface area contributed by atoms with E-state index in [4.69, 9.17) is 0 Å². The molecule has 2 rings (SSSR count). The van der Waals surface area contributed by atoms with Crippen LogP contribution in [-0.4, -0.2) is 35.0 Å². The number of rotatable bonds is 8. The summed E-state index contributed by atoms with van der Waals surface area (Å²) in [5.41, 5.74) is 2.40. The van der Waals surface area contributed by atoms with Crippen molar-refractivity contribution >= 4 is 36.0 Å². The highest BCUT2D eigenvalue weighted by Gasteiger charge is 2.14. The number of thioether (sulfide) groups is 2. The summed E-state index contributed by atoms with van der Waals surface area (Å²) in [6.07, 6.45) is 4.97. The van der Waals surface area contributed by atoms with Crippen LogP contribution in [0.4, 0.5) is 0 Å². The van der Waals surface area contributed by atoms with E-state index in [9.17, 15) is 0 Å². The van der Waals surface area contributed by atoms with Crippen LogP contribution >= 0.6 is 23.5 Å². The molecule has 0 spiro atoms. The summed E-state index contributed by atoms with van der Waals surface area (Å²) in [5, 5.41) is 0. The molecule has 0 aromatic heterocycles. The summed E-state index contributed by atoms with van der Waals surface area (Å²) >= 11 is 3.77. The fraction of sp³-hybridized carbons (Fsp3) is 0.440. The lowest BCUT2D eigenvalue weighted by molar-refractivity contribution is 0.802. The molecule has 0 aliphatic carbocycles. The molecule has 156 valence electrons. The molecule has 0 bridgehead atoms. The van der Waals surface area contributed by atoms with Gasteiger partial charge in [-0.1, -0.05) is 77.9 Å². The first-order valence-corrected chi connectivity index (χ1v) is 11.8. The lowest BCUT2D eigenvalue weighted by Crippen LogP contribution is -2.07. The number of nitrogens with zero attached hydrogens (tertiary/aromatic N) is 2. The first kappa shape index (κ1) is 23.8. The summed E-state index contributed by atoms with van der Waals surface area (Å²) in [5.74, 6) is 0.